The highest BCUT2D eigenvalue weighted by Crippen LogP contribution is 2.36. The summed E-state index contributed by atoms with van der Waals surface area (Å²) in [5.41, 5.74) is 3.08. The Morgan fingerprint density at radius 3 is 2.62 bits per heavy atom. The number of rotatable bonds is 8. The molecule has 2 fully saturated rings. The molecule has 0 spiro atoms. The first kappa shape index (κ1) is 25.5. The van der Waals surface area contributed by atoms with Crippen LogP contribution in [-0.4, -0.2) is 70.6 Å². The van der Waals surface area contributed by atoms with E-state index < -0.39 is 12.0 Å². The third-order valence-electron chi connectivity index (χ3n) is 7.81. The molecule has 198 valence electrons. The average molecular weight is 507 g/mol. The van der Waals surface area contributed by atoms with Gasteiger partial charge in [0.05, 0.1) is 12.0 Å². The van der Waals surface area contributed by atoms with E-state index in [1.807, 2.05) is 47.9 Å². The number of hydrogen-bond acceptors (Lipinski definition) is 6. The summed E-state index contributed by atoms with van der Waals surface area (Å²) in [6.07, 6.45) is 5.12. The summed E-state index contributed by atoms with van der Waals surface area (Å²) < 4.78 is 5.87. The van der Waals surface area contributed by atoms with E-state index in [0.717, 1.165) is 63.3 Å². The molecule has 3 aliphatic heterocycles. The van der Waals surface area contributed by atoms with Gasteiger partial charge in [-0.1, -0.05) is 24.3 Å². The first-order valence-corrected chi connectivity index (χ1v) is 13.6. The summed E-state index contributed by atoms with van der Waals surface area (Å²) in [6.45, 7) is 7.28. The van der Waals surface area contributed by atoms with E-state index in [0.29, 0.717) is 30.3 Å². The number of nitrogens with one attached hydrogen (secondary N) is 1. The molecule has 1 atom stereocenters. The van der Waals surface area contributed by atoms with Crippen LogP contribution >= 0.6 is 0 Å². The molecular formula is C29H38N4O4. The van der Waals surface area contributed by atoms with Gasteiger partial charge in [-0.2, -0.15) is 0 Å². The second-order valence-corrected chi connectivity index (χ2v) is 10.9. The van der Waals surface area contributed by atoms with Crippen LogP contribution in [0, 0.1) is 11.8 Å². The van der Waals surface area contributed by atoms with Gasteiger partial charge < -0.3 is 20.1 Å². The maximum atomic E-state index is 13.2. The van der Waals surface area contributed by atoms with Crippen molar-refractivity contribution in [3.8, 4) is 5.75 Å². The average Bonchev–Trinajstić information content (AvgIpc) is 2.86. The number of carbonyl (C=O) groups excluding carboxylic acids is 1. The van der Waals surface area contributed by atoms with Crippen molar-refractivity contribution >= 4 is 17.7 Å². The smallest absolute Gasteiger partial charge is 0.325 e. The van der Waals surface area contributed by atoms with Crippen LogP contribution in [-0.2, 0) is 22.4 Å². The molecule has 3 aliphatic rings. The fourth-order valence-electron chi connectivity index (χ4n) is 5.83. The number of carboxylic acid groups (broad SMARTS) is 1. The standard InChI is InChI=1S/C29H38N4O4/c1-19(2)37-25-8-4-3-7-24(25)26(29(35)36)33-17-22(18-33)28(34)32-14-11-20(12-15-32)16-23-10-9-21-6-5-13-30-27(21)31-23/h3-4,7-10,19-20,22,26H,5-6,11-18H2,1-2H3,(H,30,31)(H,35,36)/t26-/m1/s1. The second-order valence-electron chi connectivity index (χ2n) is 10.9. The van der Waals surface area contributed by atoms with E-state index in [4.69, 9.17) is 9.72 Å². The summed E-state index contributed by atoms with van der Waals surface area (Å²) in [4.78, 5) is 34.1. The summed E-state index contributed by atoms with van der Waals surface area (Å²) in [7, 11) is 0. The fourth-order valence-corrected chi connectivity index (χ4v) is 5.83. The minimum absolute atomic E-state index is 0.0519. The van der Waals surface area contributed by atoms with E-state index in [1.165, 1.54) is 5.56 Å². The molecule has 1 aromatic carbocycles. The van der Waals surface area contributed by atoms with Crippen molar-refractivity contribution in [1.29, 1.82) is 0 Å². The van der Waals surface area contributed by atoms with Gasteiger partial charge in [0.15, 0.2) is 0 Å². The third kappa shape index (κ3) is 5.74. The second kappa shape index (κ2) is 11.1. The maximum absolute atomic E-state index is 13.2. The van der Waals surface area contributed by atoms with E-state index in [1.54, 1.807) is 0 Å². The number of likely N-dealkylation sites (tertiary alicyclic amines) is 2. The molecule has 2 N–H and O–H groups in total. The minimum Gasteiger partial charge on any atom is -0.491 e. The van der Waals surface area contributed by atoms with Crippen LogP contribution in [0.5, 0.6) is 5.75 Å². The Bertz CT molecular complexity index is 1120. The SMILES string of the molecule is CC(C)Oc1ccccc1[C@H](C(=O)O)N1CC(C(=O)N2CCC(Cc3ccc4c(n3)NCCC4)CC2)C1. The highest BCUT2D eigenvalue weighted by Gasteiger charge is 2.43. The molecule has 2 aromatic rings. The summed E-state index contributed by atoms with van der Waals surface area (Å²) in [5, 5.41) is 13.4. The Hall–Kier alpha value is -3.13. The van der Waals surface area contributed by atoms with Gasteiger partial charge in [0.25, 0.3) is 0 Å². The number of carboxylic acids is 1. The highest BCUT2D eigenvalue weighted by atomic mass is 16.5. The molecule has 5 rings (SSSR count). The Labute approximate surface area is 219 Å². The van der Waals surface area contributed by atoms with Crippen LogP contribution in [0.2, 0.25) is 0 Å². The molecule has 0 aliphatic carbocycles. The Morgan fingerprint density at radius 1 is 1.14 bits per heavy atom. The number of hydrogen-bond donors (Lipinski definition) is 2. The van der Waals surface area contributed by atoms with Gasteiger partial charge in [-0.3, -0.25) is 14.5 Å². The number of fused-ring (bicyclic) bond motifs is 1. The molecule has 37 heavy (non-hydrogen) atoms. The maximum Gasteiger partial charge on any atom is 0.325 e. The quantitative estimate of drug-likeness (QED) is 0.563. The van der Waals surface area contributed by atoms with Gasteiger partial charge >= 0.3 is 5.97 Å². The zero-order chi connectivity index (χ0) is 25.9. The lowest BCUT2D eigenvalue weighted by atomic mass is 9.89. The number of benzene rings is 1. The third-order valence-corrected chi connectivity index (χ3v) is 7.81. The molecule has 2 saturated heterocycles. The molecule has 1 aromatic heterocycles. The van der Waals surface area contributed by atoms with E-state index >= 15 is 0 Å². The molecule has 0 radical (unpaired) electrons. The van der Waals surface area contributed by atoms with E-state index in [9.17, 15) is 14.7 Å². The van der Waals surface area contributed by atoms with Crippen molar-refractivity contribution in [3.05, 3.63) is 53.2 Å². The number of para-hydroxylation sites is 1. The predicted molar refractivity (Wildman–Crippen MR) is 142 cm³/mol. The van der Waals surface area contributed by atoms with Gasteiger partial charge in [-0.05, 0) is 69.6 Å². The normalized spacial score (nSPS) is 19.6. The van der Waals surface area contributed by atoms with E-state index in [2.05, 4.69) is 17.4 Å². The molecule has 8 heteroatoms. The van der Waals surface area contributed by atoms with Crippen molar-refractivity contribution in [2.75, 3.05) is 38.0 Å². The van der Waals surface area contributed by atoms with Crippen molar-refractivity contribution < 1.29 is 19.4 Å². The van der Waals surface area contributed by atoms with Crippen molar-refractivity contribution in [2.24, 2.45) is 11.8 Å². The Morgan fingerprint density at radius 2 is 1.89 bits per heavy atom. The molecule has 4 heterocycles. The van der Waals surface area contributed by atoms with Crippen LogP contribution in [0.4, 0.5) is 5.82 Å². The minimum atomic E-state index is -0.919. The van der Waals surface area contributed by atoms with Crippen LogP contribution in [0.25, 0.3) is 0 Å². The van der Waals surface area contributed by atoms with Gasteiger partial charge in [-0.25, -0.2) is 4.98 Å². The fraction of sp³-hybridized carbons (Fsp3) is 0.552. The molecule has 1 amide bonds. The van der Waals surface area contributed by atoms with Crippen LogP contribution < -0.4 is 10.1 Å². The van der Waals surface area contributed by atoms with E-state index in [-0.39, 0.29) is 17.9 Å². The topological polar surface area (TPSA) is 95.0 Å². The van der Waals surface area contributed by atoms with Gasteiger partial charge in [0.1, 0.15) is 17.6 Å². The lowest BCUT2D eigenvalue weighted by Crippen LogP contribution is -2.57. The van der Waals surface area contributed by atoms with Gasteiger partial charge in [-0.15, -0.1) is 0 Å². The Balaban J connectivity index is 1.13. The number of piperidine rings is 1. The summed E-state index contributed by atoms with van der Waals surface area (Å²) in [5.74, 6) is 1.25. The van der Waals surface area contributed by atoms with Gasteiger partial charge in [0.2, 0.25) is 5.91 Å². The predicted octanol–water partition coefficient (Wildman–Crippen LogP) is 3.77. The van der Waals surface area contributed by atoms with Gasteiger partial charge in [0, 0.05) is 44.0 Å². The highest BCUT2D eigenvalue weighted by molar-refractivity contribution is 5.82. The van der Waals surface area contributed by atoms with Crippen LogP contribution in [0.1, 0.15) is 56.0 Å². The van der Waals surface area contributed by atoms with Crippen LogP contribution in [0.3, 0.4) is 0 Å². The van der Waals surface area contributed by atoms with Crippen molar-refractivity contribution in [3.63, 3.8) is 0 Å². The first-order chi connectivity index (χ1) is 17.9. The molecule has 0 unspecified atom stereocenters. The van der Waals surface area contributed by atoms with Crippen molar-refractivity contribution in [2.45, 2.75) is 58.1 Å². The number of ether oxygens (including phenoxy) is 1. The summed E-state index contributed by atoms with van der Waals surface area (Å²) in [6, 6.07) is 10.9. The number of amides is 1. The molecular weight excluding hydrogens is 468 g/mol. The number of pyridine rings is 1. The zero-order valence-corrected chi connectivity index (χ0v) is 21.9. The molecule has 0 saturated carbocycles. The Kier molecular flexibility index (Phi) is 7.65. The molecule has 8 nitrogen and oxygen atoms in total. The number of aliphatic carboxylic acids is 1. The number of nitrogens with zero attached hydrogens (tertiary/aromatic N) is 3. The largest absolute Gasteiger partial charge is 0.491 e. The monoisotopic (exact) mass is 506 g/mol. The molecule has 0 bridgehead atoms. The number of aromatic nitrogens is 1. The summed E-state index contributed by atoms with van der Waals surface area (Å²) >= 11 is 0. The lowest BCUT2D eigenvalue weighted by molar-refractivity contribution is -0.153. The zero-order valence-electron chi connectivity index (χ0n) is 21.9. The lowest BCUT2D eigenvalue weighted by Gasteiger charge is -2.44. The number of anilines is 1. The van der Waals surface area contributed by atoms with Crippen LogP contribution in [0.15, 0.2) is 36.4 Å². The van der Waals surface area contributed by atoms with Crippen molar-refractivity contribution in [1.82, 2.24) is 14.8 Å². The number of carbonyl (C=O) groups is 2. The number of aryl methyl sites for hydroxylation is 1. The first-order valence-electron chi connectivity index (χ1n) is 13.6.